The molecule has 0 saturated carbocycles. The van der Waals surface area contributed by atoms with Gasteiger partial charge in [0.05, 0.1) is 11.4 Å². The van der Waals surface area contributed by atoms with E-state index in [1.807, 2.05) is 11.8 Å². The maximum Gasteiger partial charge on any atom is 0.317 e. The molecule has 1 aromatic rings. The van der Waals surface area contributed by atoms with Crippen LogP contribution in [0.2, 0.25) is 5.02 Å². The van der Waals surface area contributed by atoms with Gasteiger partial charge in [-0.15, -0.1) is 0 Å². The van der Waals surface area contributed by atoms with E-state index in [0.29, 0.717) is 43.1 Å². The maximum atomic E-state index is 12.8. The van der Waals surface area contributed by atoms with Crippen LogP contribution < -0.4 is 0 Å². The Hall–Kier alpha value is -1.15. The molecule has 6 nitrogen and oxygen atoms in total. The summed E-state index contributed by atoms with van der Waals surface area (Å²) in [6.07, 6.45) is 1.25. The fourth-order valence-electron chi connectivity index (χ4n) is 3.13. The molecule has 1 heterocycles. The second kappa shape index (κ2) is 7.82. The third-order valence-corrected chi connectivity index (χ3v) is 6.97. The lowest BCUT2D eigenvalue weighted by molar-refractivity contribution is -0.139. The van der Waals surface area contributed by atoms with Crippen LogP contribution in [-0.4, -0.2) is 60.9 Å². The molecule has 0 aliphatic carbocycles. The third-order valence-electron chi connectivity index (χ3n) is 4.52. The third kappa shape index (κ3) is 4.08. The minimum Gasteiger partial charge on any atom is -0.480 e. The molecule has 0 unspecified atom stereocenters. The van der Waals surface area contributed by atoms with Gasteiger partial charge in [-0.1, -0.05) is 24.6 Å². The summed E-state index contributed by atoms with van der Waals surface area (Å²) in [5.74, 6) is -0.860. The first kappa shape index (κ1) is 19.2. The van der Waals surface area contributed by atoms with Gasteiger partial charge in [-0.2, -0.15) is 4.31 Å². The van der Waals surface area contributed by atoms with Crippen LogP contribution in [0.25, 0.3) is 0 Å². The van der Waals surface area contributed by atoms with Gasteiger partial charge < -0.3 is 5.11 Å². The first-order chi connectivity index (χ1) is 11.3. The number of nitrogens with zero attached hydrogens (tertiary/aromatic N) is 2. The topological polar surface area (TPSA) is 77.9 Å². The molecule has 24 heavy (non-hydrogen) atoms. The van der Waals surface area contributed by atoms with Crippen LogP contribution in [0.4, 0.5) is 0 Å². The number of likely N-dealkylation sites (N-methyl/N-ethyl adjacent to an activating group) is 1. The van der Waals surface area contributed by atoms with Gasteiger partial charge in [0.1, 0.15) is 0 Å². The Kier molecular flexibility index (Phi) is 6.25. The van der Waals surface area contributed by atoms with E-state index < -0.39 is 16.0 Å². The highest BCUT2D eigenvalue weighted by Gasteiger charge is 2.32. The molecule has 1 aliphatic heterocycles. The van der Waals surface area contributed by atoms with E-state index >= 15 is 0 Å². The standard InChI is InChI=1S/C16H23ClN2O4S/c1-3-18(11-16(20)21)13-7-9-19(10-8-13)24(22,23)15-6-4-5-14(17)12(15)2/h4-6,13H,3,7-11H2,1-2H3,(H,20,21). The van der Waals surface area contributed by atoms with Gasteiger partial charge in [-0.25, -0.2) is 8.42 Å². The largest absolute Gasteiger partial charge is 0.480 e. The number of sulfonamides is 1. The van der Waals surface area contributed by atoms with Gasteiger partial charge in [-0.05, 0) is 44.0 Å². The normalized spacial score (nSPS) is 17.3. The zero-order chi connectivity index (χ0) is 17.9. The van der Waals surface area contributed by atoms with Gasteiger partial charge in [0.2, 0.25) is 10.0 Å². The number of aliphatic carboxylic acids is 1. The van der Waals surface area contributed by atoms with Crippen molar-refractivity contribution < 1.29 is 18.3 Å². The van der Waals surface area contributed by atoms with Crippen molar-refractivity contribution in [3.05, 3.63) is 28.8 Å². The maximum absolute atomic E-state index is 12.8. The Morgan fingerprint density at radius 1 is 1.38 bits per heavy atom. The smallest absolute Gasteiger partial charge is 0.317 e. The summed E-state index contributed by atoms with van der Waals surface area (Å²) in [4.78, 5) is 13.1. The van der Waals surface area contributed by atoms with Crippen molar-refractivity contribution >= 4 is 27.6 Å². The van der Waals surface area contributed by atoms with Gasteiger partial charge in [0, 0.05) is 24.2 Å². The lowest BCUT2D eigenvalue weighted by atomic mass is 10.0. The molecule has 0 spiro atoms. The highest BCUT2D eigenvalue weighted by Crippen LogP contribution is 2.28. The number of benzene rings is 1. The van der Waals surface area contributed by atoms with E-state index in [-0.39, 0.29) is 17.5 Å². The molecule has 0 aromatic heterocycles. The number of rotatable bonds is 6. The lowest BCUT2D eigenvalue weighted by Crippen LogP contribution is -2.48. The predicted molar refractivity (Wildman–Crippen MR) is 92.9 cm³/mol. The summed E-state index contributed by atoms with van der Waals surface area (Å²) in [6.45, 7) is 5.01. The number of piperidine rings is 1. The number of carboxylic acid groups (broad SMARTS) is 1. The van der Waals surface area contributed by atoms with Gasteiger partial charge in [0.25, 0.3) is 0 Å². The number of halogens is 1. The van der Waals surface area contributed by atoms with E-state index in [2.05, 4.69) is 0 Å². The van der Waals surface area contributed by atoms with Gasteiger partial charge in [-0.3, -0.25) is 9.69 Å². The molecule has 1 aliphatic rings. The molecule has 0 atom stereocenters. The number of hydrogen-bond donors (Lipinski definition) is 1. The molecule has 0 bridgehead atoms. The van der Waals surface area contributed by atoms with Crippen molar-refractivity contribution in [1.29, 1.82) is 0 Å². The number of hydrogen-bond acceptors (Lipinski definition) is 4. The van der Waals surface area contributed by atoms with Crippen molar-refractivity contribution in [3.8, 4) is 0 Å². The average Bonchev–Trinajstić information content (AvgIpc) is 2.55. The predicted octanol–water partition coefficient (Wildman–Crippen LogP) is 2.21. The molecule has 1 N–H and O–H groups in total. The van der Waals surface area contributed by atoms with Crippen molar-refractivity contribution in [2.75, 3.05) is 26.2 Å². The van der Waals surface area contributed by atoms with Crippen molar-refractivity contribution in [1.82, 2.24) is 9.21 Å². The molecular weight excluding hydrogens is 352 g/mol. The van der Waals surface area contributed by atoms with Crippen molar-refractivity contribution in [2.45, 2.75) is 37.6 Å². The fraction of sp³-hybridized carbons (Fsp3) is 0.562. The molecule has 134 valence electrons. The Bertz CT molecular complexity index is 700. The molecule has 0 amide bonds. The Morgan fingerprint density at radius 3 is 2.54 bits per heavy atom. The summed E-state index contributed by atoms with van der Waals surface area (Å²) >= 11 is 6.05. The highest BCUT2D eigenvalue weighted by molar-refractivity contribution is 7.89. The van der Waals surface area contributed by atoms with Crippen LogP contribution in [-0.2, 0) is 14.8 Å². The SMILES string of the molecule is CCN(CC(=O)O)C1CCN(S(=O)(=O)c2cccc(Cl)c2C)CC1. The second-order valence-electron chi connectivity index (χ2n) is 5.96. The summed E-state index contributed by atoms with van der Waals surface area (Å²) in [6, 6.07) is 4.98. The molecule has 1 saturated heterocycles. The lowest BCUT2D eigenvalue weighted by Gasteiger charge is -2.37. The van der Waals surface area contributed by atoms with E-state index in [4.69, 9.17) is 16.7 Å². The fourth-order valence-corrected chi connectivity index (χ4v) is 5.07. The quantitative estimate of drug-likeness (QED) is 0.825. The molecule has 2 rings (SSSR count). The molecule has 1 aromatic carbocycles. The first-order valence-corrected chi connectivity index (χ1v) is 9.80. The highest BCUT2D eigenvalue weighted by atomic mass is 35.5. The number of carboxylic acids is 1. The molecule has 8 heteroatoms. The minimum atomic E-state index is -3.58. The first-order valence-electron chi connectivity index (χ1n) is 7.98. The van der Waals surface area contributed by atoms with Crippen molar-refractivity contribution in [2.24, 2.45) is 0 Å². The van der Waals surface area contributed by atoms with Gasteiger partial charge >= 0.3 is 5.97 Å². The van der Waals surface area contributed by atoms with Gasteiger partial charge in [0.15, 0.2) is 0 Å². The van der Waals surface area contributed by atoms with Crippen molar-refractivity contribution in [3.63, 3.8) is 0 Å². The summed E-state index contributed by atoms with van der Waals surface area (Å²) in [5, 5.41) is 9.41. The second-order valence-corrected chi connectivity index (χ2v) is 8.27. The molecule has 1 fully saturated rings. The zero-order valence-electron chi connectivity index (χ0n) is 13.9. The van der Waals surface area contributed by atoms with E-state index in [1.54, 1.807) is 25.1 Å². The van der Waals surface area contributed by atoms with E-state index in [1.165, 1.54) is 4.31 Å². The monoisotopic (exact) mass is 374 g/mol. The van der Waals surface area contributed by atoms with Crippen LogP contribution in [0.1, 0.15) is 25.3 Å². The molecule has 0 radical (unpaired) electrons. The average molecular weight is 375 g/mol. The van der Waals surface area contributed by atoms with Crippen LogP contribution in [0, 0.1) is 6.92 Å². The molecular formula is C16H23ClN2O4S. The summed E-state index contributed by atoms with van der Waals surface area (Å²) in [7, 11) is -3.58. The summed E-state index contributed by atoms with van der Waals surface area (Å²) in [5.41, 5.74) is 0.558. The Morgan fingerprint density at radius 2 is 2.00 bits per heavy atom. The van der Waals surface area contributed by atoms with Crippen LogP contribution in [0.15, 0.2) is 23.1 Å². The number of carbonyl (C=O) groups is 1. The zero-order valence-corrected chi connectivity index (χ0v) is 15.5. The van der Waals surface area contributed by atoms with E-state index in [0.717, 1.165) is 0 Å². The van der Waals surface area contributed by atoms with Crippen LogP contribution in [0.3, 0.4) is 0 Å². The van der Waals surface area contributed by atoms with E-state index in [9.17, 15) is 13.2 Å². The van der Waals surface area contributed by atoms with Crippen LogP contribution >= 0.6 is 11.6 Å². The minimum absolute atomic E-state index is 0.0126. The van der Waals surface area contributed by atoms with Crippen LogP contribution in [0.5, 0.6) is 0 Å². The summed E-state index contributed by atoms with van der Waals surface area (Å²) < 4.78 is 27.2. The Balaban J connectivity index is 2.11. The Labute approximate surface area is 148 Å².